The maximum absolute atomic E-state index is 12.4. The molecular weight excluding hydrogens is 302 g/mol. The van der Waals surface area contributed by atoms with Gasteiger partial charge in [-0.05, 0) is 51.5 Å². The highest BCUT2D eigenvalue weighted by Crippen LogP contribution is 2.34. The van der Waals surface area contributed by atoms with Gasteiger partial charge in [-0.25, -0.2) is 0 Å². The average Bonchev–Trinajstić information content (AvgIpc) is 2.82. The second-order valence-corrected chi connectivity index (χ2v) is 5.86. The van der Waals surface area contributed by atoms with Crippen molar-refractivity contribution in [2.75, 3.05) is 0 Å². The third kappa shape index (κ3) is 2.61. The fourth-order valence-electron chi connectivity index (χ4n) is 2.77. The number of aromatic nitrogens is 1. The fourth-order valence-corrected chi connectivity index (χ4v) is 3.18. The number of rotatable bonds is 3. The number of Topliss-reactive ketones (excluding diaryl/α,β-unsaturated/α-hetero) is 1. The van der Waals surface area contributed by atoms with Gasteiger partial charge in [-0.15, -0.1) is 0 Å². The van der Waals surface area contributed by atoms with Crippen LogP contribution in [0.15, 0.2) is 47.2 Å². The number of nitrogens with zero attached hydrogens (tertiary/aromatic N) is 1. The van der Waals surface area contributed by atoms with Gasteiger partial charge in [0.15, 0.2) is 0 Å². The molecule has 0 radical (unpaired) electrons. The Morgan fingerprint density at radius 3 is 3.00 bits per heavy atom. The van der Waals surface area contributed by atoms with Gasteiger partial charge in [0.1, 0.15) is 5.78 Å². The lowest BCUT2D eigenvalue weighted by Gasteiger charge is -2.10. The number of halogens is 1. The summed E-state index contributed by atoms with van der Waals surface area (Å²) in [6, 6.07) is 10.2. The number of pyridine rings is 1. The van der Waals surface area contributed by atoms with Gasteiger partial charge < -0.3 is 0 Å². The fraction of sp³-hybridized carbons (Fsp3) is 0.250. The first-order chi connectivity index (χ1) is 9.24. The minimum Gasteiger partial charge on any atom is -0.299 e. The molecule has 2 nitrogen and oxygen atoms in total. The first-order valence-electron chi connectivity index (χ1n) is 6.44. The zero-order valence-electron chi connectivity index (χ0n) is 10.5. The largest absolute Gasteiger partial charge is 0.299 e. The van der Waals surface area contributed by atoms with Crippen LogP contribution in [0.5, 0.6) is 0 Å². The maximum Gasteiger partial charge on any atom is 0.144 e. The molecule has 96 valence electrons. The van der Waals surface area contributed by atoms with Crippen molar-refractivity contribution in [3.8, 4) is 0 Å². The Balaban J connectivity index is 1.79. The van der Waals surface area contributed by atoms with E-state index in [-0.39, 0.29) is 5.92 Å². The molecule has 0 aliphatic heterocycles. The lowest BCUT2D eigenvalue weighted by atomic mass is 9.93. The molecule has 0 bridgehead atoms. The summed E-state index contributed by atoms with van der Waals surface area (Å²) in [6.45, 7) is 0. The quantitative estimate of drug-likeness (QED) is 0.864. The number of carbonyl (C=O) groups excluding carboxylic acids is 1. The molecule has 1 aromatic carbocycles. The van der Waals surface area contributed by atoms with Crippen LogP contribution in [0.3, 0.4) is 0 Å². The predicted molar refractivity (Wildman–Crippen MR) is 78.2 cm³/mol. The van der Waals surface area contributed by atoms with Crippen molar-refractivity contribution in [2.45, 2.75) is 25.2 Å². The van der Waals surface area contributed by atoms with Crippen LogP contribution in [-0.4, -0.2) is 10.8 Å². The van der Waals surface area contributed by atoms with Crippen molar-refractivity contribution >= 4 is 21.7 Å². The number of fused-ring (bicyclic) bond motifs is 1. The Kier molecular flexibility index (Phi) is 3.47. The summed E-state index contributed by atoms with van der Waals surface area (Å²) in [5.74, 6) is 0.361. The van der Waals surface area contributed by atoms with Crippen molar-refractivity contribution in [1.82, 2.24) is 4.98 Å². The zero-order valence-corrected chi connectivity index (χ0v) is 12.1. The highest BCUT2D eigenvalue weighted by Gasteiger charge is 2.27. The van der Waals surface area contributed by atoms with Crippen LogP contribution in [0.2, 0.25) is 0 Å². The molecule has 1 aliphatic carbocycles. The molecule has 0 spiro atoms. The summed E-state index contributed by atoms with van der Waals surface area (Å²) in [4.78, 5) is 16.6. The molecule has 1 atom stereocenters. The molecule has 3 heteroatoms. The van der Waals surface area contributed by atoms with Gasteiger partial charge in [-0.2, -0.15) is 0 Å². The molecule has 19 heavy (non-hydrogen) atoms. The van der Waals surface area contributed by atoms with Crippen LogP contribution in [0.25, 0.3) is 0 Å². The Labute approximate surface area is 121 Å². The first kappa shape index (κ1) is 12.5. The van der Waals surface area contributed by atoms with Crippen molar-refractivity contribution in [1.29, 1.82) is 0 Å². The van der Waals surface area contributed by atoms with Crippen LogP contribution in [0.1, 0.15) is 29.0 Å². The summed E-state index contributed by atoms with van der Waals surface area (Å²) in [5, 5.41) is 0. The summed E-state index contributed by atoms with van der Waals surface area (Å²) in [7, 11) is 0. The Morgan fingerprint density at radius 2 is 2.16 bits per heavy atom. The van der Waals surface area contributed by atoms with Gasteiger partial charge >= 0.3 is 0 Å². The minimum absolute atomic E-state index is 0.0650. The second-order valence-electron chi connectivity index (χ2n) is 4.94. The highest BCUT2D eigenvalue weighted by molar-refractivity contribution is 9.10. The van der Waals surface area contributed by atoms with Crippen LogP contribution in [0.4, 0.5) is 0 Å². The van der Waals surface area contributed by atoms with E-state index in [2.05, 4.69) is 33.0 Å². The van der Waals surface area contributed by atoms with Crippen LogP contribution < -0.4 is 0 Å². The third-order valence-corrected chi connectivity index (χ3v) is 4.10. The molecule has 2 aromatic rings. The van der Waals surface area contributed by atoms with Gasteiger partial charge in [-0.3, -0.25) is 9.78 Å². The van der Waals surface area contributed by atoms with Crippen LogP contribution >= 0.6 is 15.9 Å². The molecule has 1 heterocycles. The molecule has 0 amide bonds. The lowest BCUT2D eigenvalue weighted by molar-refractivity contribution is -0.119. The standard InChI is InChI=1S/C16H14BrNO/c17-13-7-11(9-18-10-13)8-16(19)15-6-5-12-3-1-2-4-14(12)15/h1-4,7,9-10,15H,5-6,8H2. The van der Waals surface area contributed by atoms with E-state index in [1.54, 1.807) is 12.4 Å². The van der Waals surface area contributed by atoms with Gasteiger partial charge in [0.05, 0.1) is 0 Å². The number of carbonyl (C=O) groups is 1. The second kappa shape index (κ2) is 5.25. The lowest BCUT2D eigenvalue weighted by Crippen LogP contribution is -2.12. The van der Waals surface area contributed by atoms with E-state index < -0.39 is 0 Å². The molecule has 3 rings (SSSR count). The van der Waals surface area contributed by atoms with E-state index in [4.69, 9.17) is 0 Å². The average molecular weight is 316 g/mol. The molecular formula is C16H14BrNO. The Bertz CT molecular complexity index is 624. The van der Waals surface area contributed by atoms with E-state index in [1.165, 1.54) is 11.1 Å². The summed E-state index contributed by atoms with van der Waals surface area (Å²) in [5.41, 5.74) is 3.52. The SMILES string of the molecule is O=C(Cc1cncc(Br)c1)C1CCc2ccccc21. The Hall–Kier alpha value is -1.48. The summed E-state index contributed by atoms with van der Waals surface area (Å²) in [6.07, 6.45) is 5.93. The van der Waals surface area contributed by atoms with E-state index in [9.17, 15) is 4.79 Å². The molecule has 1 aromatic heterocycles. The van der Waals surface area contributed by atoms with Crippen LogP contribution in [-0.2, 0) is 17.6 Å². The normalized spacial score (nSPS) is 17.2. The zero-order chi connectivity index (χ0) is 13.2. The van der Waals surface area contributed by atoms with Crippen molar-refractivity contribution in [2.24, 2.45) is 0 Å². The van der Waals surface area contributed by atoms with Crippen molar-refractivity contribution in [3.05, 3.63) is 63.9 Å². The van der Waals surface area contributed by atoms with Gasteiger partial charge in [0.25, 0.3) is 0 Å². The van der Waals surface area contributed by atoms with E-state index >= 15 is 0 Å². The van der Waals surface area contributed by atoms with Gasteiger partial charge in [0, 0.05) is 29.2 Å². The topological polar surface area (TPSA) is 30.0 Å². The highest BCUT2D eigenvalue weighted by atomic mass is 79.9. The monoisotopic (exact) mass is 315 g/mol. The predicted octanol–water partition coefficient (Wildman–Crippen LogP) is 3.69. The molecule has 0 saturated heterocycles. The first-order valence-corrected chi connectivity index (χ1v) is 7.23. The maximum atomic E-state index is 12.4. The van der Waals surface area contributed by atoms with E-state index in [1.807, 2.05) is 18.2 Å². The molecule has 1 unspecified atom stereocenters. The summed E-state index contributed by atoms with van der Waals surface area (Å²) < 4.78 is 0.921. The number of aryl methyl sites for hydroxylation is 1. The van der Waals surface area contributed by atoms with E-state index in [0.717, 1.165) is 22.9 Å². The molecule has 1 aliphatic rings. The smallest absolute Gasteiger partial charge is 0.144 e. The van der Waals surface area contributed by atoms with Crippen molar-refractivity contribution < 1.29 is 4.79 Å². The minimum atomic E-state index is 0.0650. The van der Waals surface area contributed by atoms with Crippen LogP contribution in [0, 0.1) is 0 Å². The number of ketones is 1. The van der Waals surface area contributed by atoms with Gasteiger partial charge in [0.2, 0.25) is 0 Å². The molecule has 0 fully saturated rings. The number of hydrogen-bond donors (Lipinski definition) is 0. The molecule has 0 N–H and O–H groups in total. The van der Waals surface area contributed by atoms with Gasteiger partial charge in [-0.1, -0.05) is 24.3 Å². The summed E-state index contributed by atoms with van der Waals surface area (Å²) >= 11 is 3.39. The van der Waals surface area contributed by atoms with Crippen molar-refractivity contribution in [3.63, 3.8) is 0 Å². The number of hydrogen-bond acceptors (Lipinski definition) is 2. The molecule has 0 saturated carbocycles. The van der Waals surface area contributed by atoms with E-state index in [0.29, 0.717) is 12.2 Å². The number of benzene rings is 1. The third-order valence-electron chi connectivity index (χ3n) is 3.66. The Morgan fingerprint density at radius 1 is 1.32 bits per heavy atom.